The number of hydrogen-bond donors (Lipinski definition) is 3. The summed E-state index contributed by atoms with van der Waals surface area (Å²) in [7, 11) is 0. The second kappa shape index (κ2) is 6.89. The molecule has 0 atom stereocenters. The second-order valence-electron chi connectivity index (χ2n) is 3.85. The Hall–Kier alpha value is -2.88. The topological polar surface area (TPSA) is 124 Å². The summed E-state index contributed by atoms with van der Waals surface area (Å²) in [5.41, 5.74) is 9.39. The molecule has 1 rings (SSSR count). The number of hydrogen-bond acceptors (Lipinski definition) is 6. The Kier molecular flexibility index (Phi) is 5.23. The quantitative estimate of drug-likeness (QED) is 0.323. The van der Waals surface area contributed by atoms with Crippen molar-refractivity contribution in [3.8, 4) is 6.07 Å². The summed E-state index contributed by atoms with van der Waals surface area (Å²) < 4.78 is 4.90. The van der Waals surface area contributed by atoms with Gasteiger partial charge in [0.15, 0.2) is 5.84 Å². The van der Waals surface area contributed by atoms with E-state index in [0.29, 0.717) is 17.9 Å². The van der Waals surface area contributed by atoms with Gasteiger partial charge in [0.2, 0.25) is 5.71 Å². The number of esters is 1. The Balaban J connectivity index is 2.92. The van der Waals surface area contributed by atoms with E-state index in [0.717, 1.165) is 5.56 Å². The fourth-order valence-corrected chi connectivity index (χ4v) is 1.39. The lowest BCUT2D eigenvalue weighted by molar-refractivity contribution is 0.0526. The fraction of sp³-hybridized carbons (Fsp3) is 0.231. The van der Waals surface area contributed by atoms with Crippen LogP contribution in [-0.4, -0.2) is 24.1 Å². The number of benzene rings is 1. The molecule has 0 heterocycles. The zero-order chi connectivity index (χ0) is 15.1. The van der Waals surface area contributed by atoms with E-state index in [1.165, 1.54) is 0 Å². The number of aryl methyl sites for hydroxylation is 1. The average molecular weight is 273 g/mol. The molecule has 0 radical (unpaired) electrons. The minimum absolute atomic E-state index is 0.209. The standard InChI is InChI=1S/C13H15N5O2/c1-3-20-13(19)9-4-5-10(8(2)6-9)17-18-11(7-14)12(15)16/h4-6,17H,3H2,1-2H3,(H3,15,16)/b18-11+. The van der Waals surface area contributed by atoms with Crippen LogP contribution in [0, 0.1) is 23.7 Å². The lowest BCUT2D eigenvalue weighted by atomic mass is 10.1. The van der Waals surface area contributed by atoms with Gasteiger partial charge in [-0.15, -0.1) is 0 Å². The number of nitrogens with zero attached hydrogens (tertiary/aromatic N) is 2. The first kappa shape index (κ1) is 15.2. The van der Waals surface area contributed by atoms with Crippen molar-refractivity contribution in [3.63, 3.8) is 0 Å². The molecule has 0 saturated carbocycles. The van der Waals surface area contributed by atoms with Gasteiger partial charge in [-0.1, -0.05) is 0 Å². The Morgan fingerprint density at radius 2 is 2.30 bits per heavy atom. The van der Waals surface area contributed by atoms with Crippen LogP contribution in [0.4, 0.5) is 5.69 Å². The Labute approximate surface area is 116 Å². The summed E-state index contributed by atoms with van der Waals surface area (Å²) in [6.45, 7) is 3.83. The number of nitrogens with two attached hydrogens (primary N) is 1. The van der Waals surface area contributed by atoms with E-state index in [1.54, 1.807) is 38.1 Å². The highest BCUT2D eigenvalue weighted by Crippen LogP contribution is 2.17. The molecule has 0 aromatic heterocycles. The molecule has 4 N–H and O–H groups in total. The summed E-state index contributed by atoms with van der Waals surface area (Å²) >= 11 is 0. The maximum Gasteiger partial charge on any atom is 0.338 e. The number of nitriles is 1. The van der Waals surface area contributed by atoms with E-state index in [9.17, 15) is 4.79 Å². The van der Waals surface area contributed by atoms with E-state index in [-0.39, 0.29) is 5.71 Å². The lowest BCUT2D eigenvalue weighted by Gasteiger charge is -2.07. The zero-order valence-corrected chi connectivity index (χ0v) is 11.2. The SMILES string of the molecule is CCOC(=O)c1ccc(N/N=C(\C#N)C(=N)N)c(C)c1. The molecule has 0 amide bonds. The van der Waals surface area contributed by atoms with Gasteiger partial charge in [-0.3, -0.25) is 10.8 Å². The summed E-state index contributed by atoms with van der Waals surface area (Å²) in [6.07, 6.45) is 0. The molecule has 0 aliphatic heterocycles. The van der Waals surface area contributed by atoms with Crippen LogP contribution in [0.2, 0.25) is 0 Å². The molecule has 0 unspecified atom stereocenters. The molecular weight excluding hydrogens is 258 g/mol. The summed E-state index contributed by atoms with van der Waals surface area (Å²) in [5, 5.41) is 19.6. The number of carbonyl (C=O) groups excluding carboxylic acids is 1. The van der Waals surface area contributed by atoms with Crippen molar-refractivity contribution < 1.29 is 9.53 Å². The number of ether oxygens (including phenoxy) is 1. The van der Waals surface area contributed by atoms with Crippen molar-refractivity contribution in [3.05, 3.63) is 29.3 Å². The van der Waals surface area contributed by atoms with Crippen LogP contribution >= 0.6 is 0 Å². The largest absolute Gasteiger partial charge is 0.462 e. The zero-order valence-electron chi connectivity index (χ0n) is 11.2. The Morgan fingerprint density at radius 3 is 2.80 bits per heavy atom. The van der Waals surface area contributed by atoms with Gasteiger partial charge < -0.3 is 10.5 Å². The number of rotatable bonds is 5. The highest BCUT2D eigenvalue weighted by molar-refractivity contribution is 6.45. The Morgan fingerprint density at radius 1 is 1.60 bits per heavy atom. The number of nitrogens with one attached hydrogen (secondary N) is 2. The summed E-state index contributed by atoms with van der Waals surface area (Å²) in [6, 6.07) is 6.57. The predicted molar refractivity (Wildman–Crippen MR) is 75.7 cm³/mol. The highest BCUT2D eigenvalue weighted by atomic mass is 16.5. The maximum absolute atomic E-state index is 11.6. The van der Waals surface area contributed by atoms with E-state index >= 15 is 0 Å². The van der Waals surface area contributed by atoms with Crippen molar-refractivity contribution in [2.75, 3.05) is 12.0 Å². The molecule has 0 spiro atoms. The number of anilines is 1. The molecular formula is C13H15N5O2. The molecule has 0 aliphatic rings. The summed E-state index contributed by atoms with van der Waals surface area (Å²) in [5.74, 6) is -0.812. The molecule has 1 aromatic carbocycles. The molecule has 0 saturated heterocycles. The van der Waals surface area contributed by atoms with Gasteiger partial charge in [-0.05, 0) is 37.6 Å². The first-order chi connectivity index (χ1) is 9.49. The molecule has 104 valence electrons. The van der Waals surface area contributed by atoms with Crippen LogP contribution in [0.5, 0.6) is 0 Å². The monoisotopic (exact) mass is 273 g/mol. The van der Waals surface area contributed by atoms with Crippen molar-refractivity contribution in [1.82, 2.24) is 0 Å². The highest BCUT2D eigenvalue weighted by Gasteiger charge is 2.08. The van der Waals surface area contributed by atoms with Crippen LogP contribution < -0.4 is 11.2 Å². The molecule has 0 aliphatic carbocycles. The van der Waals surface area contributed by atoms with Gasteiger partial charge in [0, 0.05) is 0 Å². The van der Waals surface area contributed by atoms with Gasteiger partial charge in [-0.25, -0.2) is 4.79 Å². The molecule has 1 aromatic rings. The van der Waals surface area contributed by atoms with Gasteiger partial charge >= 0.3 is 5.97 Å². The fourth-order valence-electron chi connectivity index (χ4n) is 1.39. The van der Waals surface area contributed by atoms with Crippen LogP contribution in [0.3, 0.4) is 0 Å². The van der Waals surface area contributed by atoms with Crippen molar-refractivity contribution >= 4 is 23.2 Å². The summed E-state index contributed by atoms with van der Waals surface area (Å²) in [4.78, 5) is 11.6. The van der Waals surface area contributed by atoms with Crippen molar-refractivity contribution in [2.24, 2.45) is 10.8 Å². The minimum atomic E-state index is -0.416. The molecule has 0 bridgehead atoms. The van der Waals surface area contributed by atoms with E-state index in [4.69, 9.17) is 21.1 Å². The van der Waals surface area contributed by atoms with Gasteiger partial charge in [-0.2, -0.15) is 10.4 Å². The van der Waals surface area contributed by atoms with Crippen LogP contribution in [0.25, 0.3) is 0 Å². The number of amidine groups is 1. The second-order valence-corrected chi connectivity index (χ2v) is 3.85. The van der Waals surface area contributed by atoms with Crippen LogP contribution in [0.1, 0.15) is 22.8 Å². The van der Waals surface area contributed by atoms with Gasteiger partial charge in [0.25, 0.3) is 0 Å². The molecule has 20 heavy (non-hydrogen) atoms. The molecule has 0 fully saturated rings. The third-order valence-corrected chi connectivity index (χ3v) is 2.39. The maximum atomic E-state index is 11.6. The van der Waals surface area contributed by atoms with Crippen LogP contribution in [0.15, 0.2) is 23.3 Å². The van der Waals surface area contributed by atoms with E-state index in [2.05, 4.69) is 10.5 Å². The normalized spacial score (nSPS) is 10.6. The minimum Gasteiger partial charge on any atom is -0.462 e. The van der Waals surface area contributed by atoms with E-state index in [1.807, 2.05) is 0 Å². The third kappa shape index (κ3) is 3.81. The average Bonchev–Trinajstić information content (AvgIpc) is 2.40. The molecule has 7 nitrogen and oxygen atoms in total. The third-order valence-electron chi connectivity index (χ3n) is 2.39. The number of carbonyl (C=O) groups is 1. The van der Waals surface area contributed by atoms with Crippen molar-refractivity contribution in [2.45, 2.75) is 13.8 Å². The molecule has 7 heteroatoms. The van der Waals surface area contributed by atoms with Gasteiger partial charge in [0.05, 0.1) is 17.9 Å². The number of hydrazone groups is 1. The van der Waals surface area contributed by atoms with E-state index < -0.39 is 11.8 Å². The van der Waals surface area contributed by atoms with Crippen LogP contribution in [-0.2, 0) is 4.74 Å². The Bertz CT molecular complexity index is 601. The smallest absolute Gasteiger partial charge is 0.338 e. The predicted octanol–water partition coefficient (Wildman–Crippen LogP) is 1.40. The first-order valence-electron chi connectivity index (χ1n) is 5.85. The first-order valence-corrected chi connectivity index (χ1v) is 5.85. The lowest BCUT2D eigenvalue weighted by Crippen LogP contribution is -2.22. The van der Waals surface area contributed by atoms with Gasteiger partial charge in [0.1, 0.15) is 6.07 Å². The van der Waals surface area contributed by atoms with Crippen molar-refractivity contribution in [1.29, 1.82) is 10.7 Å².